The van der Waals surface area contributed by atoms with Gasteiger partial charge in [0.25, 0.3) is 0 Å². The minimum absolute atomic E-state index is 0.0227. The zero-order valence-electron chi connectivity index (χ0n) is 47.2. The van der Waals surface area contributed by atoms with Crippen molar-refractivity contribution in [2.45, 2.75) is 209 Å². The molecule has 20 atom stereocenters. The minimum atomic E-state index is -3.57. The number of carbonyl (C=O) groups excluding carboxylic acids is 1. The van der Waals surface area contributed by atoms with Crippen molar-refractivity contribution in [3.05, 3.63) is 41.7 Å². The highest BCUT2D eigenvalue weighted by Crippen LogP contribution is 2.41. The fourth-order valence-electron chi connectivity index (χ4n) is 11.7. The van der Waals surface area contributed by atoms with Crippen molar-refractivity contribution in [1.82, 2.24) is 24.8 Å². The number of nitrogens with two attached hydrogens (primary N) is 1. The van der Waals surface area contributed by atoms with Gasteiger partial charge in [-0.1, -0.05) is 38.1 Å². The van der Waals surface area contributed by atoms with Crippen molar-refractivity contribution >= 4 is 15.8 Å². The summed E-state index contributed by atoms with van der Waals surface area (Å²) in [5, 5.41) is 68.4. The van der Waals surface area contributed by atoms with Crippen LogP contribution in [0, 0.1) is 17.8 Å². The van der Waals surface area contributed by atoms with E-state index in [4.69, 9.17) is 38.9 Å². The van der Waals surface area contributed by atoms with Gasteiger partial charge in [0, 0.05) is 70.9 Å². The number of halogens is 1. The Labute approximate surface area is 449 Å². The molecule has 0 bridgehead atoms. The predicted octanol–water partition coefficient (Wildman–Crippen LogP) is 2.74. The SMILES string of the molecule is CC[C@H]1OC(=O)[C@H](C)[C@@H](O[C@H]2C[C@@](C)(OC)[C@@H](O)[C@H](C)O2)[C@H](C)[C@@H](O[C@@H]2O[C@H](C)C[C@H](N(C)CCc3cn([C@@H](CF)[C@H](OC)c4ccc(S(=O)(=O)CCN)cc4)nn3)[C@H]2O)[C@](C)(O)C[C@@H](C)CN(C)[C@H](C)[C@@H](O)[C@]1(C)O. The maximum Gasteiger partial charge on any atom is 0.311 e. The third-order valence-corrected chi connectivity index (χ3v) is 18.2. The number of aliphatic hydroxyl groups excluding tert-OH is 3. The van der Waals surface area contributed by atoms with Gasteiger partial charge < -0.3 is 74.2 Å². The van der Waals surface area contributed by atoms with E-state index in [1.54, 1.807) is 66.8 Å². The number of likely N-dealkylation sites (N-methyl/N-ethyl adjacent to an activating group) is 2. The van der Waals surface area contributed by atoms with Gasteiger partial charge in [-0.3, -0.25) is 4.79 Å². The molecule has 0 saturated carbocycles. The number of hydrogen-bond donors (Lipinski definition) is 6. The summed E-state index contributed by atoms with van der Waals surface area (Å²) < 4.78 is 85.3. The summed E-state index contributed by atoms with van der Waals surface area (Å²) in [5.41, 5.74) is 1.93. The van der Waals surface area contributed by atoms with Crippen LogP contribution in [0.4, 0.5) is 4.39 Å². The maximum atomic E-state index is 14.8. The second kappa shape index (κ2) is 26.6. The number of sulfone groups is 1. The molecule has 0 aliphatic carbocycles. The summed E-state index contributed by atoms with van der Waals surface area (Å²) >= 11 is 0. The van der Waals surface area contributed by atoms with E-state index in [-0.39, 0.29) is 42.4 Å². The number of rotatable bonds is 18. The quantitative estimate of drug-likeness (QED) is 0.117. The van der Waals surface area contributed by atoms with Gasteiger partial charge in [0.15, 0.2) is 22.4 Å². The fraction of sp³-hybridized carbons (Fsp3) is 0.830. The number of carbonyl (C=O) groups is 1. The van der Waals surface area contributed by atoms with E-state index in [0.29, 0.717) is 37.2 Å². The molecule has 3 fully saturated rings. The molecule has 0 amide bonds. The van der Waals surface area contributed by atoms with Crippen LogP contribution in [-0.2, 0) is 54.2 Å². The van der Waals surface area contributed by atoms with Crippen LogP contribution in [-0.4, -0.2) is 215 Å². The number of nitrogens with zero attached hydrogens (tertiary/aromatic N) is 5. The first-order valence-corrected chi connectivity index (χ1v) is 28.4. The summed E-state index contributed by atoms with van der Waals surface area (Å²) in [6.07, 6.45) is -8.62. The maximum absolute atomic E-state index is 14.8. The molecule has 3 aliphatic rings. The fourth-order valence-corrected chi connectivity index (χ4v) is 12.7. The summed E-state index contributed by atoms with van der Waals surface area (Å²) in [5.74, 6) is -3.16. The van der Waals surface area contributed by atoms with Gasteiger partial charge in [-0.2, -0.15) is 0 Å². The van der Waals surface area contributed by atoms with Gasteiger partial charge in [-0.15, -0.1) is 5.10 Å². The van der Waals surface area contributed by atoms with Crippen molar-refractivity contribution in [3.63, 3.8) is 0 Å². The lowest BCUT2D eigenvalue weighted by Gasteiger charge is -2.49. The molecule has 5 rings (SSSR count). The first-order valence-electron chi connectivity index (χ1n) is 26.8. The van der Waals surface area contributed by atoms with Crippen LogP contribution in [0.3, 0.4) is 0 Å². The van der Waals surface area contributed by atoms with Crippen molar-refractivity contribution in [2.24, 2.45) is 23.5 Å². The van der Waals surface area contributed by atoms with Crippen LogP contribution >= 0.6 is 0 Å². The van der Waals surface area contributed by atoms with Crippen molar-refractivity contribution in [1.29, 1.82) is 0 Å². The first kappa shape index (κ1) is 64.0. The molecule has 7 N–H and O–H groups in total. The molecule has 1 aromatic heterocycles. The van der Waals surface area contributed by atoms with Gasteiger partial charge in [0.05, 0.1) is 57.9 Å². The van der Waals surface area contributed by atoms with Crippen LogP contribution in [0.1, 0.15) is 118 Å². The van der Waals surface area contributed by atoms with Crippen molar-refractivity contribution in [2.75, 3.05) is 60.4 Å². The molecule has 0 radical (unpaired) electrons. The summed E-state index contributed by atoms with van der Waals surface area (Å²) in [4.78, 5) is 18.5. The molecule has 23 heteroatoms. The van der Waals surface area contributed by atoms with Crippen LogP contribution in [0.5, 0.6) is 0 Å². The molecule has 1 aromatic carbocycles. The first-order chi connectivity index (χ1) is 35.5. The highest BCUT2D eigenvalue weighted by atomic mass is 32.2. The highest BCUT2D eigenvalue weighted by Gasteiger charge is 2.53. The largest absolute Gasteiger partial charge is 0.459 e. The van der Waals surface area contributed by atoms with Gasteiger partial charge >= 0.3 is 5.97 Å². The summed E-state index contributed by atoms with van der Waals surface area (Å²) in [6, 6.07) is 3.99. The van der Waals surface area contributed by atoms with E-state index >= 15 is 0 Å². The number of esters is 1. The number of aliphatic hydroxyl groups is 5. The lowest BCUT2D eigenvalue weighted by Crippen LogP contribution is -2.61. The average Bonchev–Trinajstić information content (AvgIpc) is 3.84. The standard InChI is InChI=1S/C53H91FN6O15S/c1-15-41-53(10,66)46(62)34(6)59(12)28-30(2)25-51(8,65)48(32(4)44(33(5)49(64)73-41)74-42-26-52(9,70-14)47(63)35(7)72-42)75-50-43(61)39(24-31(3)71-50)58(11)22-20-37-29-60(57-56-37)40(27-54)45(69-13)36-16-18-38(19-17-36)76(67,68)23-21-55/h16-19,29-35,39-48,50,61-63,65-66H,15,20-28,55H2,1-14H3/t30-,31-,32+,33-,34-,35+,39+,40+,41-,42+,43-,44+,45-,46-,47+,48-,50+,51-,52-,53-/m1/s1. The van der Waals surface area contributed by atoms with E-state index < -0.39 is 137 Å². The van der Waals surface area contributed by atoms with Gasteiger partial charge in [-0.05, 0) is 105 Å². The Kier molecular flexibility index (Phi) is 22.4. The molecule has 436 valence electrons. The Bertz CT molecular complexity index is 2250. The summed E-state index contributed by atoms with van der Waals surface area (Å²) in [6.45, 7) is 17.1. The normalized spacial score (nSPS) is 38.8. The lowest BCUT2D eigenvalue weighted by atomic mass is 9.77. The average molecular weight is 1100 g/mol. The Hall–Kier alpha value is -2.85. The Balaban J connectivity index is 1.43. The molecule has 4 heterocycles. The third-order valence-electron chi connectivity index (χ3n) is 16.4. The molecular formula is C53H91FN6O15S. The second-order valence-electron chi connectivity index (χ2n) is 22.7. The number of benzene rings is 1. The van der Waals surface area contributed by atoms with Gasteiger partial charge in [0.2, 0.25) is 0 Å². The zero-order chi connectivity index (χ0) is 56.8. The topological polar surface area (TPSA) is 280 Å². The lowest BCUT2D eigenvalue weighted by molar-refractivity contribution is -0.318. The van der Waals surface area contributed by atoms with Crippen LogP contribution in [0.2, 0.25) is 0 Å². The molecule has 2 aromatic rings. The second-order valence-corrected chi connectivity index (χ2v) is 24.8. The van der Waals surface area contributed by atoms with E-state index in [9.17, 15) is 43.1 Å². The number of aromatic nitrogens is 3. The molecule has 0 unspecified atom stereocenters. The monoisotopic (exact) mass is 1100 g/mol. The van der Waals surface area contributed by atoms with E-state index in [1.165, 1.54) is 38.0 Å². The molecule has 0 spiro atoms. The molecule has 3 aliphatic heterocycles. The molecule has 76 heavy (non-hydrogen) atoms. The third kappa shape index (κ3) is 14.7. The van der Waals surface area contributed by atoms with Crippen LogP contribution in [0.25, 0.3) is 0 Å². The molecule has 21 nitrogen and oxygen atoms in total. The van der Waals surface area contributed by atoms with Gasteiger partial charge in [0.1, 0.15) is 48.8 Å². The van der Waals surface area contributed by atoms with E-state index in [2.05, 4.69) is 10.3 Å². The predicted molar refractivity (Wildman–Crippen MR) is 279 cm³/mol. The van der Waals surface area contributed by atoms with Crippen molar-refractivity contribution in [3.8, 4) is 0 Å². The highest BCUT2D eigenvalue weighted by molar-refractivity contribution is 7.91. The number of alkyl halides is 1. The zero-order valence-corrected chi connectivity index (χ0v) is 48.0. The summed E-state index contributed by atoms with van der Waals surface area (Å²) in [7, 11) is 3.01. The van der Waals surface area contributed by atoms with Crippen LogP contribution in [0.15, 0.2) is 35.4 Å². The smallest absolute Gasteiger partial charge is 0.311 e. The number of methoxy groups -OCH3 is 2. The van der Waals surface area contributed by atoms with Gasteiger partial charge in [-0.25, -0.2) is 17.5 Å². The van der Waals surface area contributed by atoms with Crippen LogP contribution < -0.4 is 5.73 Å². The van der Waals surface area contributed by atoms with E-state index in [0.717, 1.165) is 0 Å². The molecular weight excluding hydrogens is 1010 g/mol. The van der Waals surface area contributed by atoms with Crippen molar-refractivity contribution < 1.29 is 76.3 Å². The Morgan fingerprint density at radius 2 is 1.64 bits per heavy atom. The molecule has 3 saturated heterocycles. The Morgan fingerprint density at radius 1 is 0.987 bits per heavy atom. The van der Waals surface area contributed by atoms with E-state index in [1.807, 2.05) is 37.7 Å². The number of ether oxygens (including phenoxy) is 7. The minimum Gasteiger partial charge on any atom is -0.459 e. The Morgan fingerprint density at radius 3 is 2.24 bits per heavy atom. The number of hydrogen-bond acceptors (Lipinski definition) is 20. The number of cyclic esters (lactones) is 1.